The van der Waals surface area contributed by atoms with Gasteiger partial charge in [-0.1, -0.05) is 35.0 Å². The van der Waals surface area contributed by atoms with Crippen molar-refractivity contribution in [3.05, 3.63) is 28.2 Å². The number of halogens is 2. The van der Waals surface area contributed by atoms with E-state index in [1.807, 2.05) is 0 Å². The third-order valence-electron chi connectivity index (χ3n) is 3.10. The molecule has 1 aromatic carbocycles. The van der Waals surface area contributed by atoms with Crippen molar-refractivity contribution in [1.29, 1.82) is 0 Å². The zero-order valence-electron chi connectivity index (χ0n) is 12.1. The topological polar surface area (TPSA) is 78.5 Å². The molecule has 0 spiro atoms. The number of carbonyl (C=O) groups excluding carboxylic acids is 3. The fraction of sp³-hybridized carbons (Fsp3) is 0.357. The molecular formula is C14H15Cl2N3O3S. The zero-order chi connectivity index (χ0) is 16.8. The summed E-state index contributed by atoms with van der Waals surface area (Å²) in [6.07, 6.45) is 0.164. The summed E-state index contributed by atoms with van der Waals surface area (Å²) in [5.74, 6) is 0.0563. The molecule has 1 aliphatic rings. The number of carbonyl (C=O) groups is 3. The monoisotopic (exact) mass is 375 g/mol. The fourth-order valence-electron chi connectivity index (χ4n) is 1.92. The predicted octanol–water partition coefficient (Wildman–Crippen LogP) is 2.61. The predicted molar refractivity (Wildman–Crippen MR) is 92.1 cm³/mol. The Hall–Kier alpha value is -1.44. The van der Waals surface area contributed by atoms with Crippen molar-refractivity contribution < 1.29 is 14.4 Å². The van der Waals surface area contributed by atoms with Gasteiger partial charge < -0.3 is 15.5 Å². The van der Waals surface area contributed by atoms with E-state index >= 15 is 0 Å². The molecular weight excluding hydrogens is 361 g/mol. The van der Waals surface area contributed by atoms with Crippen LogP contribution in [0.15, 0.2) is 18.2 Å². The van der Waals surface area contributed by atoms with Crippen LogP contribution in [-0.2, 0) is 9.59 Å². The number of nitrogens with zero attached hydrogens (tertiary/aromatic N) is 1. The molecule has 2 N–H and O–H groups in total. The first-order chi connectivity index (χ1) is 11.0. The highest BCUT2D eigenvalue weighted by molar-refractivity contribution is 8.13. The molecule has 0 atom stereocenters. The number of amides is 3. The Labute approximate surface area is 147 Å². The summed E-state index contributed by atoms with van der Waals surface area (Å²) in [6, 6.07) is 4.71. The van der Waals surface area contributed by atoms with Gasteiger partial charge in [-0.05, 0) is 18.2 Å². The van der Waals surface area contributed by atoms with E-state index in [-0.39, 0.29) is 24.1 Å². The SMILES string of the molecule is O=C(CCN1CCSC1=O)NCC(=O)Nc1cc(Cl)ccc1Cl. The molecule has 0 aliphatic carbocycles. The van der Waals surface area contributed by atoms with Crippen LogP contribution in [0.25, 0.3) is 0 Å². The van der Waals surface area contributed by atoms with Crippen LogP contribution in [0.3, 0.4) is 0 Å². The summed E-state index contributed by atoms with van der Waals surface area (Å²) in [7, 11) is 0. The van der Waals surface area contributed by atoms with Crippen LogP contribution in [0.5, 0.6) is 0 Å². The van der Waals surface area contributed by atoms with Gasteiger partial charge in [-0.15, -0.1) is 0 Å². The Morgan fingerprint density at radius 3 is 2.74 bits per heavy atom. The van der Waals surface area contributed by atoms with Gasteiger partial charge in [-0.3, -0.25) is 14.4 Å². The molecule has 1 fully saturated rings. The quantitative estimate of drug-likeness (QED) is 0.800. The minimum absolute atomic E-state index is 0.00820. The van der Waals surface area contributed by atoms with Gasteiger partial charge in [0.05, 0.1) is 17.3 Å². The van der Waals surface area contributed by atoms with Crippen LogP contribution >= 0.6 is 35.0 Å². The first-order valence-corrected chi connectivity index (χ1v) is 8.63. The van der Waals surface area contributed by atoms with E-state index in [9.17, 15) is 14.4 Å². The lowest BCUT2D eigenvalue weighted by molar-refractivity contribution is -0.124. The molecule has 3 amide bonds. The highest BCUT2D eigenvalue weighted by Crippen LogP contribution is 2.25. The smallest absolute Gasteiger partial charge is 0.281 e. The maximum Gasteiger partial charge on any atom is 0.281 e. The van der Waals surface area contributed by atoms with Crippen molar-refractivity contribution in [2.24, 2.45) is 0 Å². The van der Waals surface area contributed by atoms with E-state index in [1.165, 1.54) is 17.8 Å². The van der Waals surface area contributed by atoms with Crippen molar-refractivity contribution in [3.63, 3.8) is 0 Å². The lowest BCUT2D eigenvalue weighted by Gasteiger charge is -2.14. The van der Waals surface area contributed by atoms with E-state index in [0.29, 0.717) is 28.8 Å². The van der Waals surface area contributed by atoms with E-state index < -0.39 is 5.91 Å². The van der Waals surface area contributed by atoms with Crippen LogP contribution < -0.4 is 10.6 Å². The molecule has 1 heterocycles. The number of anilines is 1. The van der Waals surface area contributed by atoms with Gasteiger partial charge >= 0.3 is 0 Å². The summed E-state index contributed by atoms with van der Waals surface area (Å²) in [4.78, 5) is 36.5. The third-order valence-corrected chi connectivity index (χ3v) is 4.56. The lowest BCUT2D eigenvalue weighted by Crippen LogP contribution is -2.35. The summed E-state index contributed by atoms with van der Waals surface area (Å²) >= 11 is 13.0. The summed E-state index contributed by atoms with van der Waals surface area (Å²) in [5.41, 5.74) is 0.387. The molecule has 0 radical (unpaired) electrons. The Morgan fingerprint density at radius 2 is 2.04 bits per heavy atom. The first-order valence-electron chi connectivity index (χ1n) is 6.89. The maximum atomic E-state index is 11.8. The highest BCUT2D eigenvalue weighted by Gasteiger charge is 2.21. The molecule has 1 aromatic rings. The molecule has 0 bridgehead atoms. The lowest BCUT2D eigenvalue weighted by atomic mass is 10.3. The van der Waals surface area contributed by atoms with Gasteiger partial charge in [0.15, 0.2) is 0 Å². The molecule has 0 unspecified atom stereocenters. The molecule has 1 aliphatic heterocycles. The molecule has 9 heteroatoms. The molecule has 0 saturated carbocycles. The Kier molecular flexibility index (Phi) is 6.56. The Bertz CT molecular complexity index is 627. The van der Waals surface area contributed by atoms with E-state index in [4.69, 9.17) is 23.2 Å². The molecule has 2 rings (SSSR count). The Morgan fingerprint density at radius 1 is 1.26 bits per heavy atom. The normalized spacial score (nSPS) is 14.0. The van der Waals surface area contributed by atoms with E-state index in [2.05, 4.69) is 10.6 Å². The summed E-state index contributed by atoms with van der Waals surface area (Å²) in [5, 5.41) is 5.87. The van der Waals surface area contributed by atoms with E-state index in [0.717, 1.165) is 5.75 Å². The number of hydrogen-bond acceptors (Lipinski definition) is 4. The number of hydrogen-bond donors (Lipinski definition) is 2. The van der Waals surface area contributed by atoms with Crippen molar-refractivity contribution in [3.8, 4) is 0 Å². The van der Waals surface area contributed by atoms with Crippen LogP contribution in [0.4, 0.5) is 10.5 Å². The van der Waals surface area contributed by atoms with Crippen molar-refractivity contribution in [2.45, 2.75) is 6.42 Å². The number of nitrogens with one attached hydrogen (secondary N) is 2. The molecule has 23 heavy (non-hydrogen) atoms. The second kappa shape index (κ2) is 8.42. The van der Waals surface area contributed by atoms with Crippen LogP contribution in [-0.4, -0.2) is 47.3 Å². The maximum absolute atomic E-state index is 11.8. The summed E-state index contributed by atoms with van der Waals surface area (Å²) in [6.45, 7) is 0.842. The van der Waals surface area contributed by atoms with Crippen molar-refractivity contribution >= 4 is 57.7 Å². The van der Waals surface area contributed by atoms with Gasteiger partial charge in [0.1, 0.15) is 0 Å². The Balaban J connectivity index is 1.72. The number of rotatable bonds is 6. The standard InChI is InChI=1S/C14H15Cl2N3O3S/c15-9-1-2-10(16)11(7-9)18-13(21)8-17-12(20)3-4-19-5-6-23-14(19)22/h1-2,7H,3-6,8H2,(H,17,20)(H,18,21). The van der Waals surface area contributed by atoms with E-state index in [1.54, 1.807) is 17.0 Å². The van der Waals surface area contributed by atoms with Gasteiger partial charge in [-0.2, -0.15) is 0 Å². The van der Waals surface area contributed by atoms with Gasteiger partial charge in [0.25, 0.3) is 5.24 Å². The highest BCUT2D eigenvalue weighted by atomic mass is 35.5. The van der Waals surface area contributed by atoms with Crippen molar-refractivity contribution in [2.75, 3.05) is 30.7 Å². The minimum Gasteiger partial charge on any atom is -0.347 e. The zero-order valence-corrected chi connectivity index (χ0v) is 14.4. The van der Waals surface area contributed by atoms with Gasteiger partial charge in [0, 0.05) is 30.3 Å². The number of thioether (sulfide) groups is 1. The van der Waals surface area contributed by atoms with Crippen LogP contribution in [0, 0.1) is 0 Å². The van der Waals surface area contributed by atoms with Crippen LogP contribution in [0.1, 0.15) is 6.42 Å². The minimum atomic E-state index is -0.407. The summed E-state index contributed by atoms with van der Waals surface area (Å²) < 4.78 is 0. The number of benzene rings is 1. The molecule has 1 saturated heterocycles. The second-order valence-electron chi connectivity index (χ2n) is 4.80. The molecule has 124 valence electrons. The molecule has 6 nitrogen and oxygen atoms in total. The van der Waals surface area contributed by atoms with Gasteiger partial charge in [-0.25, -0.2) is 0 Å². The largest absolute Gasteiger partial charge is 0.347 e. The third kappa shape index (κ3) is 5.60. The first kappa shape index (κ1) is 17.9. The average Bonchev–Trinajstić information content (AvgIpc) is 2.92. The van der Waals surface area contributed by atoms with Gasteiger partial charge in [0.2, 0.25) is 11.8 Å². The van der Waals surface area contributed by atoms with Crippen molar-refractivity contribution in [1.82, 2.24) is 10.2 Å². The van der Waals surface area contributed by atoms with Crippen LogP contribution in [0.2, 0.25) is 10.0 Å². The molecule has 0 aromatic heterocycles. The second-order valence-corrected chi connectivity index (χ2v) is 6.69. The fourth-order valence-corrected chi connectivity index (χ4v) is 3.11. The average molecular weight is 376 g/mol.